The van der Waals surface area contributed by atoms with Gasteiger partial charge in [-0.2, -0.15) is 0 Å². The highest BCUT2D eigenvalue weighted by molar-refractivity contribution is 5.39. The zero-order chi connectivity index (χ0) is 13.7. The molecule has 1 aliphatic rings. The minimum Gasteiger partial charge on any atom is -0.316 e. The van der Waals surface area contributed by atoms with Crippen LogP contribution >= 0.6 is 0 Å². The van der Waals surface area contributed by atoms with Crippen molar-refractivity contribution in [1.29, 1.82) is 0 Å². The highest BCUT2D eigenvalue weighted by atomic mass is 16.6. The van der Waals surface area contributed by atoms with Gasteiger partial charge in [0.25, 0.3) is 5.69 Å². The molecule has 0 aromatic heterocycles. The Morgan fingerprint density at radius 3 is 2.84 bits per heavy atom. The van der Waals surface area contributed by atoms with Crippen LogP contribution < -0.4 is 5.32 Å². The molecule has 0 heterocycles. The lowest BCUT2D eigenvalue weighted by molar-refractivity contribution is -0.385. The molecule has 0 bridgehead atoms. The molecule has 1 saturated carbocycles. The van der Waals surface area contributed by atoms with Crippen molar-refractivity contribution in [1.82, 2.24) is 5.32 Å². The summed E-state index contributed by atoms with van der Waals surface area (Å²) < 4.78 is 0. The number of nitro groups is 1. The van der Waals surface area contributed by atoms with E-state index in [4.69, 9.17) is 0 Å². The van der Waals surface area contributed by atoms with Crippen LogP contribution in [0, 0.1) is 22.0 Å². The van der Waals surface area contributed by atoms with E-state index in [1.807, 2.05) is 12.1 Å². The van der Waals surface area contributed by atoms with Crippen LogP contribution in [0.3, 0.4) is 0 Å². The van der Waals surface area contributed by atoms with Crippen molar-refractivity contribution in [3.05, 3.63) is 39.9 Å². The fraction of sp³-hybridized carbons (Fsp3) is 0.600. The van der Waals surface area contributed by atoms with Gasteiger partial charge in [0.1, 0.15) is 0 Å². The standard InChI is InChI=1S/C15H22N2O2/c1-12-6-7-13(10-12)11-16-9-8-14-4-2-3-5-15(14)17(18)19/h2-5,12-13,16H,6-11H2,1H3. The maximum absolute atomic E-state index is 10.9. The molecule has 0 amide bonds. The molecular formula is C15H22N2O2. The third kappa shape index (κ3) is 4.03. The van der Waals surface area contributed by atoms with Gasteiger partial charge in [-0.1, -0.05) is 31.5 Å². The highest BCUT2D eigenvalue weighted by Gasteiger charge is 2.20. The van der Waals surface area contributed by atoms with E-state index in [2.05, 4.69) is 12.2 Å². The average molecular weight is 262 g/mol. The second-order valence-corrected chi connectivity index (χ2v) is 5.62. The van der Waals surface area contributed by atoms with Crippen molar-refractivity contribution in [2.75, 3.05) is 13.1 Å². The average Bonchev–Trinajstić information content (AvgIpc) is 2.81. The first-order chi connectivity index (χ1) is 9.16. The van der Waals surface area contributed by atoms with E-state index in [0.29, 0.717) is 0 Å². The number of nitrogens with zero attached hydrogens (tertiary/aromatic N) is 1. The van der Waals surface area contributed by atoms with Gasteiger partial charge in [-0.3, -0.25) is 10.1 Å². The number of para-hydroxylation sites is 1. The maximum atomic E-state index is 10.9. The van der Waals surface area contributed by atoms with Gasteiger partial charge in [-0.15, -0.1) is 0 Å². The lowest BCUT2D eigenvalue weighted by Gasteiger charge is -2.11. The van der Waals surface area contributed by atoms with Crippen LogP contribution in [-0.4, -0.2) is 18.0 Å². The van der Waals surface area contributed by atoms with Gasteiger partial charge in [-0.05, 0) is 44.2 Å². The smallest absolute Gasteiger partial charge is 0.272 e. The molecule has 19 heavy (non-hydrogen) atoms. The molecule has 0 radical (unpaired) electrons. The van der Waals surface area contributed by atoms with Gasteiger partial charge in [0.05, 0.1) is 4.92 Å². The second-order valence-electron chi connectivity index (χ2n) is 5.62. The van der Waals surface area contributed by atoms with Crippen LogP contribution in [0.4, 0.5) is 5.69 Å². The topological polar surface area (TPSA) is 55.2 Å². The number of nitrogens with one attached hydrogen (secondary N) is 1. The van der Waals surface area contributed by atoms with Crippen LogP contribution in [0.15, 0.2) is 24.3 Å². The molecule has 1 aromatic carbocycles. The summed E-state index contributed by atoms with van der Waals surface area (Å²) in [6.45, 7) is 4.17. The van der Waals surface area contributed by atoms with E-state index < -0.39 is 0 Å². The molecule has 1 aromatic rings. The van der Waals surface area contributed by atoms with Crippen LogP contribution in [0.1, 0.15) is 31.7 Å². The molecule has 0 aliphatic heterocycles. The predicted molar refractivity (Wildman–Crippen MR) is 76.2 cm³/mol. The van der Waals surface area contributed by atoms with Crippen molar-refractivity contribution in [2.45, 2.75) is 32.6 Å². The van der Waals surface area contributed by atoms with Crippen LogP contribution in [-0.2, 0) is 6.42 Å². The molecular weight excluding hydrogens is 240 g/mol. The number of hydrogen-bond acceptors (Lipinski definition) is 3. The summed E-state index contributed by atoms with van der Waals surface area (Å²) in [5.41, 5.74) is 1.05. The Morgan fingerprint density at radius 2 is 2.16 bits per heavy atom. The first-order valence-electron chi connectivity index (χ1n) is 7.10. The minimum absolute atomic E-state index is 0.235. The van der Waals surface area contributed by atoms with Crippen molar-refractivity contribution < 1.29 is 4.92 Å². The highest BCUT2D eigenvalue weighted by Crippen LogP contribution is 2.29. The molecule has 1 fully saturated rings. The van der Waals surface area contributed by atoms with Gasteiger partial charge >= 0.3 is 0 Å². The molecule has 2 unspecified atom stereocenters. The Labute approximate surface area is 114 Å². The molecule has 1 N–H and O–H groups in total. The summed E-state index contributed by atoms with van der Waals surface area (Å²) in [5, 5.41) is 14.3. The van der Waals surface area contributed by atoms with Crippen molar-refractivity contribution in [3.63, 3.8) is 0 Å². The van der Waals surface area contributed by atoms with Gasteiger partial charge in [-0.25, -0.2) is 0 Å². The summed E-state index contributed by atoms with van der Waals surface area (Å²) >= 11 is 0. The Hall–Kier alpha value is -1.42. The summed E-state index contributed by atoms with van der Waals surface area (Å²) in [6, 6.07) is 7.00. The van der Waals surface area contributed by atoms with Crippen molar-refractivity contribution >= 4 is 5.69 Å². The number of rotatable bonds is 6. The quantitative estimate of drug-likeness (QED) is 0.486. The maximum Gasteiger partial charge on any atom is 0.272 e. The lowest BCUT2D eigenvalue weighted by atomic mass is 10.1. The Bertz CT molecular complexity index is 434. The van der Waals surface area contributed by atoms with E-state index in [9.17, 15) is 10.1 Å². The molecule has 4 heteroatoms. The second kappa shape index (κ2) is 6.66. The third-order valence-electron chi connectivity index (χ3n) is 4.00. The van der Waals surface area contributed by atoms with E-state index in [-0.39, 0.29) is 10.6 Å². The van der Waals surface area contributed by atoms with E-state index in [1.54, 1.807) is 12.1 Å². The van der Waals surface area contributed by atoms with E-state index in [1.165, 1.54) is 19.3 Å². The third-order valence-corrected chi connectivity index (χ3v) is 4.00. The largest absolute Gasteiger partial charge is 0.316 e. The summed E-state index contributed by atoms with van der Waals surface area (Å²) in [4.78, 5) is 10.6. The zero-order valence-electron chi connectivity index (χ0n) is 11.5. The van der Waals surface area contributed by atoms with Gasteiger partial charge in [0.2, 0.25) is 0 Å². The molecule has 2 rings (SSSR count). The van der Waals surface area contributed by atoms with E-state index >= 15 is 0 Å². The van der Waals surface area contributed by atoms with Crippen molar-refractivity contribution in [3.8, 4) is 0 Å². The van der Waals surface area contributed by atoms with Crippen LogP contribution in [0.2, 0.25) is 0 Å². The fourth-order valence-electron chi connectivity index (χ4n) is 2.94. The van der Waals surface area contributed by atoms with Crippen LogP contribution in [0.5, 0.6) is 0 Å². The lowest BCUT2D eigenvalue weighted by Crippen LogP contribution is -2.23. The Balaban J connectivity index is 1.75. The fourth-order valence-corrected chi connectivity index (χ4v) is 2.94. The van der Waals surface area contributed by atoms with Gasteiger partial charge in [0, 0.05) is 11.6 Å². The zero-order valence-corrected chi connectivity index (χ0v) is 11.5. The molecule has 0 saturated heterocycles. The monoisotopic (exact) mass is 262 g/mol. The summed E-state index contributed by atoms with van der Waals surface area (Å²) in [6.07, 6.45) is 4.70. The van der Waals surface area contributed by atoms with Crippen molar-refractivity contribution in [2.24, 2.45) is 11.8 Å². The van der Waals surface area contributed by atoms with E-state index in [0.717, 1.165) is 36.9 Å². The first kappa shape index (κ1) is 14.0. The first-order valence-corrected chi connectivity index (χ1v) is 7.10. The molecule has 0 spiro atoms. The SMILES string of the molecule is CC1CCC(CNCCc2ccccc2[N+](=O)[O-])C1. The number of benzene rings is 1. The Kier molecular flexibility index (Phi) is 4.91. The number of hydrogen-bond donors (Lipinski definition) is 1. The molecule has 4 nitrogen and oxygen atoms in total. The Morgan fingerprint density at radius 1 is 1.37 bits per heavy atom. The number of nitro benzene ring substituents is 1. The van der Waals surface area contributed by atoms with Gasteiger partial charge in [0.15, 0.2) is 0 Å². The summed E-state index contributed by atoms with van der Waals surface area (Å²) in [7, 11) is 0. The minimum atomic E-state index is -0.298. The molecule has 1 aliphatic carbocycles. The summed E-state index contributed by atoms with van der Waals surface area (Å²) in [5.74, 6) is 1.66. The molecule has 2 atom stereocenters. The predicted octanol–water partition coefficient (Wildman–Crippen LogP) is 3.16. The molecule has 104 valence electrons. The van der Waals surface area contributed by atoms with Crippen LogP contribution in [0.25, 0.3) is 0 Å². The van der Waals surface area contributed by atoms with Gasteiger partial charge < -0.3 is 5.32 Å². The normalized spacial score (nSPS) is 22.6.